The molecule has 0 unspecified atom stereocenters. The highest BCUT2D eigenvalue weighted by Gasteiger charge is 2.22. The van der Waals surface area contributed by atoms with E-state index in [1.807, 2.05) is 19.9 Å². The van der Waals surface area contributed by atoms with Crippen molar-refractivity contribution in [2.24, 2.45) is 16.3 Å². The van der Waals surface area contributed by atoms with Crippen molar-refractivity contribution in [3.8, 4) is 0 Å². The summed E-state index contributed by atoms with van der Waals surface area (Å²) in [6.45, 7) is 5.41. The molecule has 0 saturated carbocycles. The fraction of sp³-hybridized carbons (Fsp3) is 0.615. The Morgan fingerprint density at radius 2 is 2.28 bits per heavy atom. The van der Waals surface area contributed by atoms with Crippen LogP contribution >= 0.6 is 11.3 Å². The number of nitrogens with zero attached hydrogens (tertiary/aromatic N) is 1. The van der Waals surface area contributed by atoms with Gasteiger partial charge in [-0.1, -0.05) is 31.5 Å². The quantitative estimate of drug-likeness (QED) is 0.250. The minimum Gasteiger partial charge on any atom is -0.409 e. The molecule has 0 radical (unpaired) electrons. The van der Waals surface area contributed by atoms with Gasteiger partial charge >= 0.3 is 0 Å². The Bertz CT molecular complexity index is 361. The molecule has 0 saturated heterocycles. The van der Waals surface area contributed by atoms with Crippen molar-refractivity contribution in [1.82, 2.24) is 0 Å². The maximum atomic E-state index is 8.66. The SMILES string of the molecule is CC(C)(CCCCOCc1cccs1)/C(N)=N/O. The Labute approximate surface area is 112 Å². The van der Waals surface area contributed by atoms with Gasteiger partial charge in [0.1, 0.15) is 5.84 Å². The number of hydrogen-bond acceptors (Lipinski definition) is 4. The van der Waals surface area contributed by atoms with Crippen molar-refractivity contribution < 1.29 is 9.94 Å². The van der Waals surface area contributed by atoms with E-state index in [0.717, 1.165) is 25.9 Å². The van der Waals surface area contributed by atoms with Gasteiger partial charge in [-0.2, -0.15) is 0 Å². The number of ether oxygens (including phenoxy) is 1. The van der Waals surface area contributed by atoms with Crippen LogP contribution < -0.4 is 5.73 Å². The second-order valence-corrected chi connectivity index (χ2v) is 5.99. The number of rotatable bonds is 8. The maximum Gasteiger partial charge on any atom is 0.144 e. The lowest BCUT2D eigenvalue weighted by molar-refractivity contribution is 0.117. The zero-order valence-corrected chi connectivity index (χ0v) is 11.9. The number of hydrogen-bond donors (Lipinski definition) is 2. The molecule has 0 aliphatic carbocycles. The molecular weight excluding hydrogens is 248 g/mol. The average molecular weight is 270 g/mol. The largest absolute Gasteiger partial charge is 0.409 e. The van der Waals surface area contributed by atoms with Gasteiger partial charge in [0, 0.05) is 16.9 Å². The van der Waals surface area contributed by atoms with Gasteiger partial charge in [-0.25, -0.2) is 0 Å². The molecule has 1 rings (SSSR count). The second-order valence-electron chi connectivity index (χ2n) is 4.96. The average Bonchev–Trinajstić information content (AvgIpc) is 2.85. The predicted molar refractivity (Wildman–Crippen MR) is 75.0 cm³/mol. The summed E-state index contributed by atoms with van der Waals surface area (Å²) in [5, 5.41) is 13.8. The first-order valence-corrected chi connectivity index (χ1v) is 7.02. The molecular formula is C13H22N2O2S. The van der Waals surface area contributed by atoms with Gasteiger partial charge in [-0.3, -0.25) is 0 Å². The van der Waals surface area contributed by atoms with Crippen LogP contribution in [-0.2, 0) is 11.3 Å². The summed E-state index contributed by atoms with van der Waals surface area (Å²) in [4.78, 5) is 1.26. The summed E-state index contributed by atoms with van der Waals surface area (Å²) < 4.78 is 5.58. The van der Waals surface area contributed by atoms with E-state index in [9.17, 15) is 0 Å². The fourth-order valence-corrected chi connectivity index (χ4v) is 2.24. The molecule has 0 bridgehead atoms. The molecule has 0 amide bonds. The Hall–Kier alpha value is -1.07. The minimum atomic E-state index is -0.248. The topological polar surface area (TPSA) is 67.8 Å². The first kappa shape index (κ1) is 15.0. The van der Waals surface area contributed by atoms with Crippen LogP contribution in [0, 0.1) is 5.41 Å². The third kappa shape index (κ3) is 5.06. The van der Waals surface area contributed by atoms with E-state index < -0.39 is 0 Å². The van der Waals surface area contributed by atoms with Crippen LogP contribution in [0.1, 0.15) is 38.0 Å². The first-order valence-electron chi connectivity index (χ1n) is 6.14. The van der Waals surface area contributed by atoms with E-state index in [1.165, 1.54) is 4.88 Å². The molecule has 0 spiro atoms. The lowest BCUT2D eigenvalue weighted by atomic mass is 9.86. The highest BCUT2D eigenvalue weighted by Crippen LogP contribution is 2.23. The number of thiophene rings is 1. The van der Waals surface area contributed by atoms with Gasteiger partial charge in [0.2, 0.25) is 0 Å². The lowest BCUT2D eigenvalue weighted by Gasteiger charge is -2.22. The smallest absolute Gasteiger partial charge is 0.144 e. The molecule has 4 nitrogen and oxygen atoms in total. The number of nitrogens with two attached hydrogens (primary N) is 1. The van der Waals surface area contributed by atoms with Crippen molar-refractivity contribution in [2.45, 2.75) is 39.7 Å². The Balaban J connectivity index is 2.08. The van der Waals surface area contributed by atoms with E-state index in [0.29, 0.717) is 12.4 Å². The molecule has 0 aliphatic rings. The monoisotopic (exact) mass is 270 g/mol. The van der Waals surface area contributed by atoms with Gasteiger partial charge in [0.05, 0.1) is 6.61 Å². The van der Waals surface area contributed by atoms with E-state index in [1.54, 1.807) is 11.3 Å². The van der Waals surface area contributed by atoms with Crippen LogP contribution in [0.2, 0.25) is 0 Å². The summed E-state index contributed by atoms with van der Waals surface area (Å²) in [5.74, 6) is 0.294. The molecule has 0 aromatic carbocycles. The minimum absolute atomic E-state index is 0.248. The Morgan fingerprint density at radius 1 is 1.50 bits per heavy atom. The van der Waals surface area contributed by atoms with Crippen LogP contribution in [0.25, 0.3) is 0 Å². The number of unbranched alkanes of at least 4 members (excludes halogenated alkanes) is 1. The maximum absolute atomic E-state index is 8.66. The van der Waals surface area contributed by atoms with Gasteiger partial charge in [0.25, 0.3) is 0 Å². The van der Waals surface area contributed by atoms with Gasteiger partial charge in [0.15, 0.2) is 0 Å². The fourth-order valence-electron chi connectivity index (χ4n) is 1.60. The van der Waals surface area contributed by atoms with E-state index in [4.69, 9.17) is 15.7 Å². The van der Waals surface area contributed by atoms with Gasteiger partial charge < -0.3 is 15.7 Å². The summed E-state index contributed by atoms with van der Waals surface area (Å²) in [5.41, 5.74) is 5.38. The Morgan fingerprint density at radius 3 is 2.89 bits per heavy atom. The van der Waals surface area contributed by atoms with E-state index in [-0.39, 0.29) is 5.41 Å². The van der Waals surface area contributed by atoms with Crippen molar-refractivity contribution in [1.29, 1.82) is 0 Å². The summed E-state index contributed by atoms with van der Waals surface area (Å²) >= 11 is 1.71. The highest BCUT2D eigenvalue weighted by atomic mass is 32.1. The summed E-state index contributed by atoms with van der Waals surface area (Å²) in [7, 11) is 0. The lowest BCUT2D eigenvalue weighted by Crippen LogP contribution is -2.31. The van der Waals surface area contributed by atoms with Crippen LogP contribution in [0.5, 0.6) is 0 Å². The summed E-state index contributed by atoms with van der Waals surface area (Å²) in [6, 6.07) is 4.11. The number of amidine groups is 1. The molecule has 1 aromatic rings. The molecule has 18 heavy (non-hydrogen) atoms. The molecule has 0 fully saturated rings. The van der Waals surface area contributed by atoms with Crippen molar-refractivity contribution in [2.75, 3.05) is 6.61 Å². The zero-order valence-electron chi connectivity index (χ0n) is 11.1. The molecule has 102 valence electrons. The zero-order chi connectivity index (χ0) is 13.4. The first-order chi connectivity index (χ1) is 8.56. The summed E-state index contributed by atoms with van der Waals surface area (Å²) in [6.07, 6.45) is 2.90. The van der Waals surface area contributed by atoms with Crippen LogP contribution in [0.4, 0.5) is 0 Å². The third-order valence-corrected chi connectivity index (χ3v) is 3.82. The molecule has 1 aromatic heterocycles. The van der Waals surface area contributed by atoms with Crippen molar-refractivity contribution in [3.05, 3.63) is 22.4 Å². The highest BCUT2D eigenvalue weighted by molar-refractivity contribution is 7.09. The van der Waals surface area contributed by atoms with E-state index >= 15 is 0 Å². The predicted octanol–water partition coefficient (Wildman–Crippen LogP) is 3.21. The van der Waals surface area contributed by atoms with Gasteiger partial charge in [-0.15, -0.1) is 11.3 Å². The van der Waals surface area contributed by atoms with Crippen molar-refractivity contribution in [3.63, 3.8) is 0 Å². The molecule has 0 atom stereocenters. The van der Waals surface area contributed by atoms with Crippen LogP contribution in [0.15, 0.2) is 22.7 Å². The number of oxime groups is 1. The third-order valence-electron chi connectivity index (χ3n) is 2.97. The van der Waals surface area contributed by atoms with Crippen molar-refractivity contribution >= 4 is 17.2 Å². The van der Waals surface area contributed by atoms with E-state index in [2.05, 4.69) is 16.6 Å². The molecule has 0 aliphatic heterocycles. The normalized spacial score (nSPS) is 12.9. The second kappa shape index (κ2) is 7.38. The van der Waals surface area contributed by atoms with Crippen LogP contribution in [-0.4, -0.2) is 17.6 Å². The van der Waals surface area contributed by atoms with Gasteiger partial charge in [-0.05, 0) is 24.3 Å². The Kier molecular flexibility index (Phi) is 6.15. The van der Waals surface area contributed by atoms with Crippen LogP contribution in [0.3, 0.4) is 0 Å². The molecule has 1 heterocycles. The molecule has 5 heteroatoms. The standard InChI is InChI=1S/C13H22N2O2S/c1-13(2,12(14)15-16)7-3-4-8-17-10-11-6-5-9-18-11/h5-6,9,16H,3-4,7-8,10H2,1-2H3,(H2,14,15). The molecule has 3 N–H and O–H groups in total.